The van der Waals surface area contributed by atoms with E-state index < -0.39 is 6.04 Å². The van der Waals surface area contributed by atoms with E-state index in [1.807, 2.05) is 85.5 Å². The average molecular weight is 518 g/mol. The lowest BCUT2D eigenvalue weighted by atomic mass is 10.1. The molecule has 0 aliphatic carbocycles. The Morgan fingerprint density at radius 2 is 1.65 bits per heavy atom. The predicted octanol–water partition coefficient (Wildman–Crippen LogP) is 4.85. The maximum absolute atomic E-state index is 13.6. The van der Waals surface area contributed by atoms with Crippen molar-refractivity contribution in [3.8, 4) is 11.5 Å². The van der Waals surface area contributed by atoms with Gasteiger partial charge in [0.1, 0.15) is 6.04 Å². The highest BCUT2D eigenvalue weighted by Gasteiger charge is 2.43. The van der Waals surface area contributed by atoms with E-state index >= 15 is 0 Å². The van der Waals surface area contributed by atoms with Crippen molar-refractivity contribution in [3.05, 3.63) is 89.0 Å². The first-order valence-electron chi connectivity index (χ1n) is 12.0. The van der Waals surface area contributed by atoms with Gasteiger partial charge in [0, 0.05) is 12.2 Å². The fourth-order valence-electron chi connectivity index (χ4n) is 4.49. The van der Waals surface area contributed by atoms with Gasteiger partial charge in [-0.3, -0.25) is 14.5 Å². The third-order valence-corrected chi connectivity index (χ3v) is 6.88. The standard InChI is InChI=1S/C29H31N3O4S/c1-19-10-12-23(20(2)14-19)30-27(33)16-24-28(34)32(17-21-8-6-5-7-9-21)29(37)31(24)18-22-11-13-25(35-3)26(15-22)36-4/h5-15,24H,16-18H2,1-4H3,(H,30,33). The molecule has 2 amide bonds. The number of carbonyl (C=O) groups is 2. The fraction of sp³-hybridized carbons (Fsp3) is 0.276. The normalized spacial score (nSPS) is 15.2. The van der Waals surface area contributed by atoms with Crippen LogP contribution in [0.25, 0.3) is 0 Å². The van der Waals surface area contributed by atoms with Gasteiger partial charge in [0.25, 0.3) is 5.91 Å². The van der Waals surface area contributed by atoms with Crippen LogP contribution in [0, 0.1) is 13.8 Å². The lowest BCUT2D eigenvalue weighted by Crippen LogP contribution is -2.37. The minimum Gasteiger partial charge on any atom is -0.493 e. The molecule has 1 unspecified atom stereocenters. The maximum atomic E-state index is 13.6. The number of nitrogens with zero attached hydrogens (tertiary/aromatic N) is 2. The SMILES string of the molecule is COc1ccc(CN2C(=S)N(Cc3ccccc3)C(=O)C2CC(=O)Nc2ccc(C)cc2C)cc1OC. The van der Waals surface area contributed by atoms with E-state index in [1.54, 1.807) is 19.1 Å². The lowest BCUT2D eigenvalue weighted by molar-refractivity contribution is -0.131. The molecule has 0 radical (unpaired) electrons. The van der Waals surface area contributed by atoms with Gasteiger partial charge >= 0.3 is 0 Å². The number of carbonyl (C=O) groups excluding carboxylic acids is 2. The number of ether oxygens (including phenoxy) is 2. The summed E-state index contributed by atoms with van der Waals surface area (Å²) in [7, 11) is 3.16. The van der Waals surface area contributed by atoms with Gasteiger partial charge in [-0.25, -0.2) is 0 Å². The average Bonchev–Trinajstić information content (AvgIpc) is 3.10. The van der Waals surface area contributed by atoms with Gasteiger partial charge in [0.05, 0.1) is 27.2 Å². The van der Waals surface area contributed by atoms with Crippen LogP contribution in [-0.4, -0.2) is 47.0 Å². The van der Waals surface area contributed by atoms with Crippen LogP contribution in [0.2, 0.25) is 0 Å². The van der Waals surface area contributed by atoms with E-state index in [-0.39, 0.29) is 18.2 Å². The summed E-state index contributed by atoms with van der Waals surface area (Å²) in [6.07, 6.45) is -0.0229. The van der Waals surface area contributed by atoms with Crippen LogP contribution in [0.5, 0.6) is 11.5 Å². The van der Waals surface area contributed by atoms with Gasteiger partial charge in [-0.05, 0) is 61.0 Å². The van der Waals surface area contributed by atoms with Crippen molar-refractivity contribution < 1.29 is 19.1 Å². The summed E-state index contributed by atoms with van der Waals surface area (Å²) >= 11 is 5.79. The molecule has 1 atom stereocenters. The summed E-state index contributed by atoms with van der Waals surface area (Å²) in [4.78, 5) is 30.1. The summed E-state index contributed by atoms with van der Waals surface area (Å²) in [5, 5.41) is 3.36. The number of amides is 2. The molecule has 0 spiro atoms. The number of thiocarbonyl (C=S) groups is 1. The van der Waals surface area contributed by atoms with Crippen LogP contribution in [0.15, 0.2) is 66.7 Å². The Hall–Kier alpha value is -3.91. The van der Waals surface area contributed by atoms with Crippen LogP contribution in [0.4, 0.5) is 5.69 Å². The second-order valence-corrected chi connectivity index (χ2v) is 9.46. The molecule has 0 saturated carbocycles. The van der Waals surface area contributed by atoms with Gasteiger partial charge in [-0.2, -0.15) is 0 Å². The number of hydrogen-bond acceptors (Lipinski definition) is 5. The van der Waals surface area contributed by atoms with Crippen LogP contribution in [0.3, 0.4) is 0 Å². The fourth-order valence-corrected chi connectivity index (χ4v) is 4.84. The second-order valence-electron chi connectivity index (χ2n) is 9.10. The zero-order chi connectivity index (χ0) is 26.5. The highest BCUT2D eigenvalue weighted by molar-refractivity contribution is 7.80. The first kappa shape index (κ1) is 26.2. The van der Waals surface area contributed by atoms with E-state index in [1.165, 1.54) is 0 Å². The molecule has 3 aromatic rings. The number of aryl methyl sites for hydroxylation is 2. The third-order valence-electron chi connectivity index (χ3n) is 6.42. The predicted molar refractivity (Wildman–Crippen MR) is 148 cm³/mol. The lowest BCUT2D eigenvalue weighted by Gasteiger charge is -2.24. The Kier molecular flexibility index (Phi) is 8.08. The number of nitrogens with one attached hydrogen (secondary N) is 1. The highest BCUT2D eigenvalue weighted by atomic mass is 32.1. The first-order valence-corrected chi connectivity index (χ1v) is 12.5. The molecule has 3 aromatic carbocycles. The van der Waals surface area contributed by atoms with E-state index in [0.717, 1.165) is 27.9 Å². The quantitative estimate of drug-likeness (QED) is 0.410. The van der Waals surface area contributed by atoms with Crippen molar-refractivity contribution in [2.45, 2.75) is 39.4 Å². The van der Waals surface area contributed by atoms with Gasteiger partial charge in [0.15, 0.2) is 16.6 Å². The second kappa shape index (κ2) is 11.4. The number of benzene rings is 3. The van der Waals surface area contributed by atoms with Crippen molar-refractivity contribution in [3.63, 3.8) is 0 Å². The zero-order valence-corrected chi connectivity index (χ0v) is 22.3. The van der Waals surface area contributed by atoms with E-state index in [0.29, 0.717) is 29.7 Å². The van der Waals surface area contributed by atoms with E-state index in [2.05, 4.69) is 5.32 Å². The molecule has 37 heavy (non-hydrogen) atoms. The van der Waals surface area contributed by atoms with Gasteiger partial charge < -0.3 is 19.7 Å². The Morgan fingerprint density at radius 1 is 0.919 bits per heavy atom. The van der Waals surface area contributed by atoms with Crippen molar-refractivity contribution in [2.24, 2.45) is 0 Å². The minimum absolute atomic E-state index is 0.0229. The van der Waals surface area contributed by atoms with Crippen LogP contribution < -0.4 is 14.8 Å². The summed E-state index contributed by atoms with van der Waals surface area (Å²) < 4.78 is 10.8. The van der Waals surface area contributed by atoms with Crippen LogP contribution >= 0.6 is 12.2 Å². The summed E-state index contributed by atoms with van der Waals surface area (Å²) in [6.45, 7) is 4.64. The molecule has 192 valence electrons. The molecule has 1 fully saturated rings. The van der Waals surface area contributed by atoms with E-state index in [9.17, 15) is 9.59 Å². The Morgan fingerprint density at radius 3 is 2.32 bits per heavy atom. The van der Waals surface area contributed by atoms with Crippen molar-refractivity contribution in [1.29, 1.82) is 0 Å². The highest BCUT2D eigenvalue weighted by Crippen LogP contribution is 2.31. The van der Waals surface area contributed by atoms with Crippen molar-refractivity contribution in [2.75, 3.05) is 19.5 Å². The molecule has 8 heteroatoms. The molecular formula is C29H31N3O4S. The molecule has 0 aromatic heterocycles. The molecule has 1 aliphatic rings. The van der Waals surface area contributed by atoms with Crippen molar-refractivity contribution in [1.82, 2.24) is 9.80 Å². The molecule has 4 rings (SSSR count). The van der Waals surface area contributed by atoms with Gasteiger partial charge in [-0.1, -0.05) is 54.1 Å². The van der Waals surface area contributed by atoms with Gasteiger partial charge in [0.2, 0.25) is 5.91 Å². The molecule has 1 heterocycles. The summed E-state index contributed by atoms with van der Waals surface area (Å²) in [5.74, 6) is 0.764. The summed E-state index contributed by atoms with van der Waals surface area (Å²) in [5.41, 5.74) is 4.66. The first-order chi connectivity index (χ1) is 17.8. The van der Waals surface area contributed by atoms with Crippen LogP contribution in [0.1, 0.15) is 28.7 Å². The number of hydrogen-bond donors (Lipinski definition) is 1. The molecule has 1 aliphatic heterocycles. The Balaban J connectivity index is 1.59. The number of anilines is 1. The maximum Gasteiger partial charge on any atom is 0.252 e. The monoisotopic (exact) mass is 517 g/mol. The third kappa shape index (κ3) is 5.91. The Bertz CT molecular complexity index is 1310. The molecular weight excluding hydrogens is 486 g/mol. The van der Waals surface area contributed by atoms with E-state index in [4.69, 9.17) is 21.7 Å². The smallest absolute Gasteiger partial charge is 0.252 e. The van der Waals surface area contributed by atoms with Crippen LogP contribution in [-0.2, 0) is 22.7 Å². The molecule has 7 nitrogen and oxygen atoms in total. The largest absolute Gasteiger partial charge is 0.493 e. The summed E-state index contributed by atoms with van der Waals surface area (Å²) in [6, 6.07) is 20.4. The number of rotatable bonds is 9. The van der Waals surface area contributed by atoms with Gasteiger partial charge in [-0.15, -0.1) is 0 Å². The topological polar surface area (TPSA) is 71.1 Å². The zero-order valence-electron chi connectivity index (χ0n) is 21.5. The molecule has 0 bridgehead atoms. The minimum atomic E-state index is -0.727. The molecule has 1 N–H and O–H groups in total. The number of methoxy groups -OCH3 is 2. The Labute approximate surface area is 223 Å². The van der Waals surface area contributed by atoms with Crippen molar-refractivity contribution >= 4 is 34.8 Å². The molecule has 1 saturated heterocycles.